The fourth-order valence-corrected chi connectivity index (χ4v) is 5.43. The van der Waals surface area contributed by atoms with Crippen LogP contribution < -0.4 is 10.9 Å². The van der Waals surface area contributed by atoms with Crippen molar-refractivity contribution in [3.8, 4) is 5.69 Å². The molecule has 8 heteroatoms. The maximum atomic E-state index is 13.3. The summed E-state index contributed by atoms with van der Waals surface area (Å²) in [4.78, 5) is 31.2. The molecule has 1 aliphatic rings. The lowest BCUT2D eigenvalue weighted by Crippen LogP contribution is -2.25. The average Bonchev–Trinajstić information content (AvgIpc) is 3.14. The molecule has 3 aromatic rings. The Labute approximate surface area is 188 Å². The van der Waals surface area contributed by atoms with Gasteiger partial charge in [0.1, 0.15) is 0 Å². The summed E-state index contributed by atoms with van der Waals surface area (Å²) in [6.45, 7) is 4.00. The van der Waals surface area contributed by atoms with Gasteiger partial charge >= 0.3 is 0 Å². The van der Waals surface area contributed by atoms with Gasteiger partial charge in [0.05, 0.1) is 22.0 Å². The van der Waals surface area contributed by atoms with E-state index in [4.69, 9.17) is 16.6 Å². The molecule has 154 valence electrons. The van der Waals surface area contributed by atoms with Gasteiger partial charge in [-0.15, -0.1) is 11.8 Å². The minimum Gasteiger partial charge on any atom is -0.325 e. The minimum atomic E-state index is -0.182. The Morgan fingerprint density at radius 1 is 1.23 bits per heavy atom. The zero-order valence-corrected chi connectivity index (χ0v) is 19.0. The number of benzene rings is 2. The van der Waals surface area contributed by atoms with Gasteiger partial charge in [-0.25, -0.2) is 4.98 Å². The predicted octanol–water partition coefficient (Wildman–Crippen LogP) is 4.88. The van der Waals surface area contributed by atoms with Gasteiger partial charge in [-0.2, -0.15) is 0 Å². The highest BCUT2D eigenvalue weighted by molar-refractivity contribution is 8.00. The van der Waals surface area contributed by atoms with Gasteiger partial charge in [0, 0.05) is 22.9 Å². The molecule has 0 atom stereocenters. The second kappa shape index (κ2) is 8.88. The van der Waals surface area contributed by atoms with Crippen LogP contribution in [0.15, 0.2) is 57.3 Å². The molecule has 1 N–H and O–H groups in total. The second-order valence-electron chi connectivity index (χ2n) is 7.10. The van der Waals surface area contributed by atoms with Crippen LogP contribution in [-0.2, 0) is 11.2 Å². The number of nitrogens with zero attached hydrogens (tertiary/aromatic N) is 2. The molecule has 1 aromatic heterocycles. The summed E-state index contributed by atoms with van der Waals surface area (Å²) in [7, 11) is 0. The average molecular weight is 458 g/mol. The van der Waals surface area contributed by atoms with Crippen molar-refractivity contribution >= 4 is 46.7 Å². The standard InChI is InChI=1S/C22H20ClN3O2S2/c1-13-8-14(2)10-17(9-13)26-21(28)20-18(6-7-29-20)25-22(26)30-12-19(27)24-16-5-3-4-15(23)11-16/h3-5,8-11H,6-7,12H2,1-2H3,(H,24,27). The van der Waals surface area contributed by atoms with Gasteiger partial charge in [-0.3, -0.25) is 14.2 Å². The number of aromatic nitrogens is 2. The molecule has 2 aromatic carbocycles. The van der Waals surface area contributed by atoms with Crippen molar-refractivity contribution in [2.75, 3.05) is 16.8 Å². The summed E-state index contributed by atoms with van der Waals surface area (Å²) in [5.74, 6) is 0.807. The van der Waals surface area contributed by atoms with Crippen molar-refractivity contribution in [3.63, 3.8) is 0 Å². The summed E-state index contributed by atoms with van der Waals surface area (Å²) < 4.78 is 1.63. The Hall–Kier alpha value is -2.22. The monoisotopic (exact) mass is 457 g/mol. The van der Waals surface area contributed by atoms with Crippen molar-refractivity contribution in [1.82, 2.24) is 9.55 Å². The number of rotatable bonds is 5. The molecule has 0 saturated heterocycles. The van der Waals surface area contributed by atoms with E-state index in [1.807, 2.05) is 26.0 Å². The molecular formula is C22H20ClN3O2S2. The molecule has 0 radical (unpaired) electrons. The normalized spacial score (nSPS) is 12.6. The third kappa shape index (κ3) is 4.58. The smallest absolute Gasteiger partial charge is 0.272 e. The molecule has 2 heterocycles. The Bertz CT molecular complexity index is 1170. The van der Waals surface area contributed by atoms with Crippen LogP contribution in [0.2, 0.25) is 5.02 Å². The van der Waals surface area contributed by atoms with Crippen molar-refractivity contribution < 1.29 is 4.79 Å². The summed E-state index contributed by atoms with van der Waals surface area (Å²) in [5, 5.41) is 3.93. The number of thioether (sulfide) groups is 2. The third-order valence-corrected chi connectivity index (χ3v) is 6.85. The Balaban J connectivity index is 1.64. The van der Waals surface area contributed by atoms with Gasteiger partial charge < -0.3 is 5.32 Å². The van der Waals surface area contributed by atoms with Crippen molar-refractivity contribution in [1.29, 1.82) is 0 Å². The second-order valence-corrected chi connectivity index (χ2v) is 9.59. The first-order valence-electron chi connectivity index (χ1n) is 9.46. The van der Waals surface area contributed by atoms with E-state index >= 15 is 0 Å². The fourth-order valence-electron chi connectivity index (χ4n) is 3.39. The number of hydrogen-bond donors (Lipinski definition) is 1. The molecule has 30 heavy (non-hydrogen) atoms. The van der Waals surface area contributed by atoms with E-state index in [0.717, 1.165) is 34.7 Å². The van der Waals surface area contributed by atoms with Crippen molar-refractivity contribution in [3.05, 3.63) is 74.7 Å². The highest BCUT2D eigenvalue weighted by Crippen LogP contribution is 2.30. The number of halogens is 1. The number of hydrogen-bond acceptors (Lipinski definition) is 5. The maximum Gasteiger partial charge on any atom is 0.272 e. The molecule has 0 bridgehead atoms. The lowest BCUT2D eigenvalue weighted by molar-refractivity contribution is -0.113. The SMILES string of the molecule is Cc1cc(C)cc(-n2c(SCC(=O)Nc3cccc(Cl)c3)nc3c(c2=O)SCC3)c1. The summed E-state index contributed by atoms with van der Waals surface area (Å²) in [6, 6.07) is 13.0. The summed E-state index contributed by atoms with van der Waals surface area (Å²) >= 11 is 8.79. The van der Waals surface area contributed by atoms with Crippen LogP contribution in [0, 0.1) is 13.8 Å². The molecule has 0 fully saturated rings. The van der Waals surface area contributed by atoms with Crippen LogP contribution in [0.1, 0.15) is 16.8 Å². The highest BCUT2D eigenvalue weighted by atomic mass is 35.5. The summed E-state index contributed by atoms with van der Waals surface area (Å²) in [5.41, 5.74) is 4.31. The van der Waals surface area contributed by atoms with Gasteiger partial charge in [0.2, 0.25) is 5.91 Å². The van der Waals surface area contributed by atoms with Crippen LogP contribution in [-0.4, -0.2) is 27.0 Å². The molecule has 0 saturated carbocycles. The first kappa shape index (κ1) is 21.0. The van der Waals surface area contributed by atoms with Gasteiger partial charge in [0.15, 0.2) is 5.16 Å². The number of amides is 1. The van der Waals surface area contributed by atoms with E-state index in [-0.39, 0.29) is 17.2 Å². The van der Waals surface area contributed by atoms with Crippen LogP contribution in [0.25, 0.3) is 5.69 Å². The molecular weight excluding hydrogens is 438 g/mol. The lowest BCUT2D eigenvalue weighted by Gasteiger charge is -2.15. The zero-order valence-electron chi connectivity index (χ0n) is 16.6. The number of nitrogens with one attached hydrogen (secondary N) is 1. The van der Waals surface area contributed by atoms with Crippen LogP contribution in [0.4, 0.5) is 5.69 Å². The third-order valence-electron chi connectivity index (χ3n) is 4.57. The van der Waals surface area contributed by atoms with Gasteiger partial charge in [-0.05, 0) is 55.3 Å². The van der Waals surface area contributed by atoms with E-state index in [2.05, 4.69) is 11.4 Å². The molecule has 4 rings (SSSR count). The lowest BCUT2D eigenvalue weighted by atomic mass is 10.1. The predicted molar refractivity (Wildman–Crippen MR) is 125 cm³/mol. The van der Waals surface area contributed by atoms with Crippen molar-refractivity contribution in [2.24, 2.45) is 0 Å². The van der Waals surface area contributed by atoms with Gasteiger partial charge in [0.25, 0.3) is 5.56 Å². The zero-order chi connectivity index (χ0) is 21.3. The van der Waals surface area contributed by atoms with E-state index in [1.54, 1.807) is 40.6 Å². The Morgan fingerprint density at radius 3 is 2.73 bits per heavy atom. The van der Waals surface area contributed by atoms with Crippen LogP contribution in [0.3, 0.4) is 0 Å². The van der Waals surface area contributed by atoms with E-state index < -0.39 is 0 Å². The summed E-state index contributed by atoms with van der Waals surface area (Å²) in [6.07, 6.45) is 0.769. The molecule has 1 aliphatic heterocycles. The fraction of sp³-hybridized carbons (Fsp3) is 0.227. The minimum absolute atomic E-state index is 0.0646. The van der Waals surface area contributed by atoms with E-state index in [9.17, 15) is 9.59 Å². The number of carbonyl (C=O) groups is 1. The molecule has 0 aliphatic carbocycles. The number of anilines is 1. The van der Waals surface area contributed by atoms with Crippen LogP contribution >= 0.6 is 35.1 Å². The number of aryl methyl sites for hydroxylation is 3. The molecule has 5 nitrogen and oxygen atoms in total. The molecule has 0 spiro atoms. The molecule has 1 amide bonds. The van der Waals surface area contributed by atoms with E-state index in [1.165, 1.54) is 11.8 Å². The van der Waals surface area contributed by atoms with Crippen molar-refractivity contribution in [2.45, 2.75) is 30.3 Å². The number of fused-ring (bicyclic) bond motifs is 1. The quantitative estimate of drug-likeness (QED) is 0.437. The molecule has 0 unspecified atom stereocenters. The first-order valence-corrected chi connectivity index (χ1v) is 11.8. The van der Waals surface area contributed by atoms with Gasteiger partial charge in [-0.1, -0.05) is 35.5 Å². The first-order chi connectivity index (χ1) is 14.4. The van der Waals surface area contributed by atoms with Crippen LogP contribution in [0.5, 0.6) is 0 Å². The van der Waals surface area contributed by atoms with E-state index in [0.29, 0.717) is 20.8 Å². The Morgan fingerprint density at radius 2 is 2.00 bits per heavy atom. The number of carbonyl (C=O) groups excluding carboxylic acids is 1. The topological polar surface area (TPSA) is 64.0 Å². The Kier molecular flexibility index (Phi) is 6.22. The highest BCUT2D eigenvalue weighted by Gasteiger charge is 2.23. The largest absolute Gasteiger partial charge is 0.325 e. The maximum absolute atomic E-state index is 13.3.